The predicted octanol–water partition coefficient (Wildman–Crippen LogP) is 2.78. The normalized spacial score (nSPS) is 25.1. The van der Waals surface area contributed by atoms with E-state index in [9.17, 15) is 0 Å². The summed E-state index contributed by atoms with van der Waals surface area (Å²) in [5, 5.41) is 3.71. The maximum absolute atomic E-state index is 3.71. The molecule has 0 aromatic heterocycles. The van der Waals surface area contributed by atoms with Crippen molar-refractivity contribution < 1.29 is 0 Å². The number of nitrogens with one attached hydrogen (secondary N) is 1. The fraction of sp³-hybridized carbons (Fsp3) is 0.538. The Kier molecular flexibility index (Phi) is 2.90. The van der Waals surface area contributed by atoms with E-state index in [1.807, 2.05) is 0 Å². The molecule has 2 aliphatic rings. The van der Waals surface area contributed by atoms with Crippen LogP contribution in [0.5, 0.6) is 0 Å². The van der Waals surface area contributed by atoms with Crippen LogP contribution in [0.25, 0.3) is 0 Å². The first-order valence-electron chi connectivity index (χ1n) is 6.08. The second-order valence-electron chi connectivity index (χ2n) is 4.85. The summed E-state index contributed by atoms with van der Waals surface area (Å²) in [7, 11) is 0. The second-order valence-corrected chi connectivity index (χ2v) is 5.76. The first kappa shape index (κ1) is 10.6. The number of anilines is 1. The van der Waals surface area contributed by atoms with Crippen LogP contribution in [0.2, 0.25) is 0 Å². The van der Waals surface area contributed by atoms with E-state index in [1.54, 1.807) is 0 Å². The Labute approximate surface area is 105 Å². The Hall–Kier alpha value is -0.540. The van der Waals surface area contributed by atoms with Gasteiger partial charge in [0.05, 0.1) is 0 Å². The van der Waals surface area contributed by atoms with E-state index in [4.69, 9.17) is 0 Å². The largest absolute Gasteiger partial charge is 0.370 e. The highest BCUT2D eigenvalue weighted by atomic mass is 79.9. The highest BCUT2D eigenvalue weighted by Gasteiger charge is 2.29. The first-order chi connectivity index (χ1) is 7.81. The van der Waals surface area contributed by atoms with Gasteiger partial charge in [0.15, 0.2) is 0 Å². The summed E-state index contributed by atoms with van der Waals surface area (Å²) in [6.07, 6.45) is 4.05. The molecule has 1 aliphatic carbocycles. The van der Waals surface area contributed by atoms with Crippen LogP contribution >= 0.6 is 15.9 Å². The third kappa shape index (κ3) is 2.41. The maximum atomic E-state index is 3.71. The average molecular weight is 281 g/mol. The first-order valence-corrected chi connectivity index (χ1v) is 6.87. The lowest BCUT2D eigenvalue weighted by atomic mass is 10.2. The van der Waals surface area contributed by atoms with E-state index in [0.717, 1.165) is 17.1 Å². The van der Waals surface area contributed by atoms with E-state index in [-0.39, 0.29) is 0 Å². The van der Waals surface area contributed by atoms with Gasteiger partial charge >= 0.3 is 0 Å². The molecule has 1 aliphatic heterocycles. The highest BCUT2D eigenvalue weighted by Crippen LogP contribution is 2.25. The van der Waals surface area contributed by atoms with Gasteiger partial charge in [-0.3, -0.25) is 0 Å². The van der Waals surface area contributed by atoms with Crippen molar-refractivity contribution in [1.29, 1.82) is 0 Å². The smallest absolute Gasteiger partial charge is 0.0367 e. The molecule has 16 heavy (non-hydrogen) atoms. The van der Waals surface area contributed by atoms with Crippen molar-refractivity contribution in [2.24, 2.45) is 0 Å². The molecule has 1 aromatic carbocycles. The summed E-state index contributed by atoms with van der Waals surface area (Å²) in [6, 6.07) is 10.2. The van der Waals surface area contributed by atoms with Gasteiger partial charge in [0.2, 0.25) is 0 Å². The predicted molar refractivity (Wildman–Crippen MR) is 70.9 cm³/mol. The zero-order chi connectivity index (χ0) is 11.0. The fourth-order valence-electron chi connectivity index (χ4n) is 2.37. The molecule has 1 aromatic rings. The standard InChI is InChI=1S/C13H17BrN2/c14-10-1-5-13(6-2-10)16-8-7-12(9-16)15-11-3-4-11/h1-2,5-6,11-12,15H,3-4,7-9H2. The quantitative estimate of drug-likeness (QED) is 0.916. The monoisotopic (exact) mass is 280 g/mol. The van der Waals surface area contributed by atoms with Crippen molar-refractivity contribution in [3.63, 3.8) is 0 Å². The van der Waals surface area contributed by atoms with Gasteiger partial charge in [0, 0.05) is 35.3 Å². The Morgan fingerprint density at radius 1 is 1.06 bits per heavy atom. The molecule has 86 valence electrons. The Morgan fingerprint density at radius 3 is 2.50 bits per heavy atom. The van der Waals surface area contributed by atoms with Crippen LogP contribution in [0.1, 0.15) is 19.3 Å². The van der Waals surface area contributed by atoms with Gasteiger partial charge in [0.1, 0.15) is 0 Å². The summed E-state index contributed by atoms with van der Waals surface area (Å²) in [5.41, 5.74) is 1.35. The lowest BCUT2D eigenvalue weighted by Gasteiger charge is -2.19. The zero-order valence-electron chi connectivity index (χ0n) is 9.32. The molecule has 3 rings (SSSR count). The maximum Gasteiger partial charge on any atom is 0.0367 e. The third-order valence-corrected chi connectivity index (χ3v) is 3.96. The fourth-order valence-corrected chi connectivity index (χ4v) is 2.63. The van der Waals surface area contributed by atoms with E-state index in [0.29, 0.717) is 6.04 Å². The summed E-state index contributed by atoms with van der Waals surface area (Å²) in [5.74, 6) is 0. The lowest BCUT2D eigenvalue weighted by Crippen LogP contribution is -2.33. The SMILES string of the molecule is Brc1ccc(N2CCC(NC3CC3)C2)cc1. The molecule has 2 nitrogen and oxygen atoms in total. The van der Waals surface area contributed by atoms with Crippen molar-refractivity contribution in [2.75, 3.05) is 18.0 Å². The topological polar surface area (TPSA) is 15.3 Å². The van der Waals surface area contributed by atoms with Gasteiger partial charge in [-0.05, 0) is 43.5 Å². The summed E-state index contributed by atoms with van der Waals surface area (Å²) in [6.45, 7) is 2.35. The minimum absolute atomic E-state index is 0.705. The average Bonchev–Trinajstić information content (AvgIpc) is 2.97. The second kappa shape index (κ2) is 4.38. The summed E-state index contributed by atoms with van der Waals surface area (Å²) in [4.78, 5) is 2.48. The van der Waals surface area contributed by atoms with Crippen molar-refractivity contribution in [3.05, 3.63) is 28.7 Å². The van der Waals surface area contributed by atoms with E-state index < -0.39 is 0 Å². The number of hydrogen-bond acceptors (Lipinski definition) is 2. The molecule has 1 saturated heterocycles. The molecule has 1 unspecified atom stereocenters. The summed E-state index contributed by atoms with van der Waals surface area (Å²) >= 11 is 3.48. The molecule has 1 heterocycles. The molecule has 1 atom stereocenters. The summed E-state index contributed by atoms with van der Waals surface area (Å²) < 4.78 is 1.16. The highest BCUT2D eigenvalue weighted by molar-refractivity contribution is 9.10. The molecule has 0 bridgehead atoms. The number of rotatable bonds is 3. The molecule has 3 heteroatoms. The molecule has 0 spiro atoms. The van der Waals surface area contributed by atoms with Gasteiger partial charge < -0.3 is 10.2 Å². The Bertz CT molecular complexity index is 359. The van der Waals surface area contributed by atoms with Gasteiger partial charge in [-0.15, -0.1) is 0 Å². The molecule has 0 radical (unpaired) electrons. The van der Waals surface area contributed by atoms with Crippen LogP contribution < -0.4 is 10.2 Å². The van der Waals surface area contributed by atoms with E-state index in [2.05, 4.69) is 50.4 Å². The van der Waals surface area contributed by atoms with Crippen molar-refractivity contribution >= 4 is 21.6 Å². The van der Waals surface area contributed by atoms with Crippen LogP contribution in [0.4, 0.5) is 5.69 Å². The number of halogens is 1. The van der Waals surface area contributed by atoms with Crippen LogP contribution in [0, 0.1) is 0 Å². The van der Waals surface area contributed by atoms with Gasteiger partial charge in [0.25, 0.3) is 0 Å². The van der Waals surface area contributed by atoms with Crippen LogP contribution in [-0.2, 0) is 0 Å². The lowest BCUT2D eigenvalue weighted by molar-refractivity contribution is 0.548. The molecule has 1 saturated carbocycles. The van der Waals surface area contributed by atoms with Gasteiger partial charge in [-0.1, -0.05) is 15.9 Å². The molecule has 0 amide bonds. The van der Waals surface area contributed by atoms with Crippen LogP contribution in [0.15, 0.2) is 28.7 Å². The van der Waals surface area contributed by atoms with Gasteiger partial charge in [-0.2, -0.15) is 0 Å². The third-order valence-electron chi connectivity index (χ3n) is 3.43. The molecule has 1 N–H and O–H groups in total. The number of benzene rings is 1. The van der Waals surface area contributed by atoms with Crippen molar-refractivity contribution in [3.8, 4) is 0 Å². The molecule has 2 fully saturated rings. The number of nitrogens with zero attached hydrogens (tertiary/aromatic N) is 1. The zero-order valence-corrected chi connectivity index (χ0v) is 10.9. The Balaban J connectivity index is 1.61. The Morgan fingerprint density at radius 2 is 1.81 bits per heavy atom. The minimum atomic E-state index is 0.705. The van der Waals surface area contributed by atoms with E-state index in [1.165, 1.54) is 31.5 Å². The molecular formula is C13H17BrN2. The van der Waals surface area contributed by atoms with Crippen LogP contribution in [-0.4, -0.2) is 25.2 Å². The van der Waals surface area contributed by atoms with Crippen molar-refractivity contribution in [2.45, 2.75) is 31.3 Å². The van der Waals surface area contributed by atoms with Crippen LogP contribution in [0.3, 0.4) is 0 Å². The molecular weight excluding hydrogens is 264 g/mol. The van der Waals surface area contributed by atoms with Gasteiger partial charge in [-0.25, -0.2) is 0 Å². The minimum Gasteiger partial charge on any atom is -0.370 e. The van der Waals surface area contributed by atoms with E-state index >= 15 is 0 Å². The number of hydrogen-bond donors (Lipinski definition) is 1. The van der Waals surface area contributed by atoms with Crippen molar-refractivity contribution in [1.82, 2.24) is 5.32 Å².